The molecule has 3 aromatic rings. The Bertz CT molecular complexity index is 968. The fraction of sp³-hybridized carbons (Fsp3) is 0.211. The van der Waals surface area contributed by atoms with Gasteiger partial charge in [-0.15, -0.1) is 0 Å². The molecule has 3 heterocycles. The molecule has 25 heavy (non-hydrogen) atoms. The second-order valence-electron chi connectivity index (χ2n) is 6.24. The van der Waals surface area contributed by atoms with E-state index in [9.17, 15) is 5.26 Å². The van der Waals surface area contributed by atoms with Crippen molar-refractivity contribution in [3.63, 3.8) is 0 Å². The Morgan fingerprint density at radius 1 is 1.24 bits per heavy atom. The van der Waals surface area contributed by atoms with E-state index in [1.165, 1.54) is 0 Å². The van der Waals surface area contributed by atoms with Gasteiger partial charge < -0.3 is 16.0 Å². The molecule has 0 amide bonds. The summed E-state index contributed by atoms with van der Waals surface area (Å²) in [4.78, 5) is 8.89. The number of anilines is 1. The highest BCUT2D eigenvalue weighted by atomic mass is 15.1. The maximum absolute atomic E-state index is 9.70. The minimum Gasteiger partial charge on any atom is -0.383 e. The molecule has 0 saturated heterocycles. The summed E-state index contributed by atoms with van der Waals surface area (Å²) in [5.74, 6) is 1.07. The van der Waals surface area contributed by atoms with Crippen molar-refractivity contribution in [1.82, 2.24) is 14.5 Å². The van der Waals surface area contributed by atoms with Crippen LogP contribution < -0.4 is 11.5 Å². The molecule has 0 unspecified atom stereocenters. The average Bonchev–Trinajstić information content (AvgIpc) is 3.11. The van der Waals surface area contributed by atoms with Crippen LogP contribution in [0.4, 0.5) is 5.82 Å². The number of aryl methyl sites for hydroxylation is 1. The highest BCUT2D eigenvalue weighted by Gasteiger charge is 2.26. The Morgan fingerprint density at radius 3 is 2.88 bits per heavy atom. The lowest BCUT2D eigenvalue weighted by Gasteiger charge is -2.25. The summed E-state index contributed by atoms with van der Waals surface area (Å²) >= 11 is 0. The van der Waals surface area contributed by atoms with Gasteiger partial charge in [0.15, 0.2) is 0 Å². The van der Waals surface area contributed by atoms with E-state index in [0.717, 1.165) is 41.2 Å². The lowest BCUT2D eigenvalue weighted by Crippen LogP contribution is -2.29. The predicted octanol–water partition coefficient (Wildman–Crippen LogP) is 2.20. The number of nitrogen functional groups attached to an aromatic ring is 1. The van der Waals surface area contributed by atoms with E-state index in [1.807, 2.05) is 41.1 Å². The van der Waals surface area contributed by atoms with Crippen LogP contribution in [0, 0.1) is 11.3 Å². The van der Waals surface area contributed by atoms with Gasteiger partial charge in [0.1, 0.15) is 23.3 Å². The molecule has 0 spiro atoms. The summed E-state index contributed by atoms with van der Waals surface area (Å²) in [6.45, 7) is 0. The van der Waals surface area contributed by atoms with Crippen LogP contribution in [-0.2, 0) is 12.8 Å². The number of nitrogens with two attached hydrogens (primary N) is 2. The van der Waals surface area contributed by atoms with Gasteiger partial charge in [0, 0.05) is 29.7 Å². The van der Waals surface area contributed by atoms with Gasteiger partial charge in [-0.05, 0) is 49.1 Å². The van der Waals surface area contributed by atoms with Gasteiger partial charge in [-0.2, -0.15) is 5.26 Å². The Morgan fingerprint density at radius 2 is 2.12 bits per heavy atom. The van der Waals surface area contributed by atoms with E-state index < -0.39 is 0 Å². The first-order valence-electron chi connectivity index (χ1n) is 8.25. The van der Waals surface area contributed by atoms with Crippen LogP contribution >= 0.6 is 0 Å². The van der Waals surface area contributed by atoms with Crippen LogP contribution in [0.3, 0.4) is 0 Å². The number of hydrogen-bond acceptors (Lipinski definition) is 5. The molecule has 1 aliphatic rings. The van der Waals surface area contributed by atoms with E-state index in [-0.39, 0.29) is 11.9 Å². The van der Waals surface area contributed by atoms with Gasteiger partial charge in [0.05, 0.1) is 5.69 Å². The summed E-state index contributed by atoms with van der Waals surface area (Å²) < 4.78 is 1.97. The van der Waals surface area contributed by atoms with Crippen LogP contribution in [0.25, 0.3) is 17.1 Å². The standard InChI is InChI=1S/C19H18N6/c20-11-14-18(13-10-12(21)6-7-15(13)24-19(14)22)16-4-3-9-25(16)17-5-1-2-8-23-17/h1-5,8-9,12H,6-7,10,21H2,(H2,22,24)/t12-/m1/s1. The van der Waals surface area contributed by atoms with Gasteiger partial charge in [-0.25, -0.2) is 9.97 Å². The van der Waals surface area contributed by atoms with Crippen molar-refractivity contribution < 1.29 is 0 Å². The summed E-state index contributed by atoms with van der Waals surface area (Å²) in [5.41, 5.74) is 16.4. The highest BCUT2D eigenvalue weighted by Crippen LogP contribution is 2.36. The van der Waals surface area contributed by atoms with Crippen LogP contribution in [0.1, 0.15) is 23.2 Å². The van der Waals surface area contributed by atoms with Gasteiger partial charge in [-0.1, -0.05) is 6.07 Å². The molecular weight excluding hydrogens is 312 g/mol. The number of nitrogens with zero attached hydrogens (tertiary/aromatic N) is 4. The summed E-state index contributed by atoms with van der Waals surface area (Å²) in [6.07, 6.45) is 6.04. The van der Waals surface area contributed by atoms with Crippen LogP contribution in [0.2, 0.25) is 0 Å². The van der Waals surface area contributed by atoms with Gasteiger partial charge in [0.2, 0.25) is 0 Å². The smallest absolute Gasteiger partial charge is 0.142 e. The molecule has 4 N–H and O–H groups in total. The van der Waals surface area contributed by atoms with Crippen LogP contribution in [0.5, 0.6) is 0 Å². The van der Waals surface area contributed by atoms with Crippen molar-refractivity contribution in [3.05, 3.63) is 59.5 Å². The quantitative estimate of drug-likeness (QED) is 0.749. The minimum absolute atomic E-state index is 0.0708. The molecule has 0 radical (unpaired) electrons. The van der Waals surface area contributed by atoms with Crippen molar-refractivity contribution in [3.8, 4) is 23.1 Å². The summed E-state index contributed by atoms with van der Waals surface area (Å²) in [6, 6.07) is 12.0. The van der Waals surface area contributed by atoms with Crippen LogP contribution in [-0.4, -0.2) is 20.6 Å². The average molecular weight is 330 g/mol. The van der Waals surface area contributed by atoms with Gasteiger partial charge in [0.25, 0.3) is 0 Å². The number of pyridine rings is 2. The Labute approximate surface area is 145 Å². The first kappa shape index (κ1) is 15.4. The monoisotopic (exact) mass is 330 g/mol. The third-order valence-corrected chi connectivity index (χ3v) is 4.64. The minimum atomic E-state index is 0.0708. The second kappa shape index (κ2) is 6.04. The first-order chi connectivity index (χ1) is 12.2. The normalized spacial score (nSPS) is 16.2. The van der Waals surface area contributed by atoms with Crippen molar-refractivity contribution in [2.24, 2.45) is 5.73 Å². The molecule has 124 valence electrons. The number of nitriles is 1. The zero-order chi connectivity index (χ0) is 17.4. The molecule has 6 nitrogen and oxygen atoms in total. The lowest BCUT2D eigenvalue weighted by atomic mass is 9.86. The molecule has 1 aliphatic carbocycles. The fourth-order valence-corrected chi connectivity index (χ4v) is 3.48. The molecule has 6 heteroatoms. The van der Waals surface area contributed by atoms with Crippen molar-refractivity contribution >= 4 is 5.82 Å². The van der Waals surface area contributed by atoms with Crippen LogP contribution in [0.15, 0.2) is 42.7 Å². The lowest BCUT2D eigenvalue weighted by molar-refractivity contribution is 0.568. The van der Waals surface area contributed by atoms with E-state index in [0.29, 0.717) is 12.0 Å². The Hall–Kier alpha value is -3.17. The molecule has 1 atom stereocenters. The number of hydrogen-bond donors (Lipinski definition) is 2. The zero-order valence-corrected chi connectivity index (χ0v) is 13.7. The molecule has 0 bridgehead atoms. The number of rotatable bonds is 2. The Kier molecular flexibility index (Phi) is 3.71. The second-order valence-corrected chi connectivity index (χ2v) is 6.24. The third-order valence-electron chi connectivity index (χ3n) is 4.64. The zero-order valence-electron chi connectivity index (χ0n) is 13.7. The third kappa shape index (κ3) is 2.55. The van der Waals surface area contributed by atoms with E-state index >= 15 is 0 Å². The van der Waals surface area contributed by atoms with Crippen molar-refractivity contribution in [1.29, 1.82) is 5.26 Å². The predicted molar refractivity (Wildman–Crippen MR) is 95.9 cm³/mol. The molecule has 0 fully saturated rings. The number of fused-ring (bicyclic) bond motifs is 1. The van der Waals surface area contributed by atoms with E-state index in [4.69, 9.17) is 11.5 Å². The molecule has 0 aromatic carbocycles. The number of aromatic nitrogens is 3. The highest BCUT2D eigenvalue weighted by molar-refractivity contribution is 5.78. The SMILES string of the molecule is N#Cc1c(N)nc2c(c1-c1cccn1-c1ccccn1)C[C@H](N)CC2. The van der Waals surface area contributed by atoms with Crippen molar-refractivity contribution in [2.45, 2.75) is 25.3 Å². The molecule has 0 saturated carbocycles. The molecule has 4 rings (SSSR count). The summed E-state index contributed by atoms with van der Waals surface area (Å²) in [5, 5.41) is 9.70. The maximum atomic E-state index is 9.70. The van der Waals surface area contributed by atoms with E-state index in [2.05, 4.69) is 16.0 Å². The van der Waals surface area contributed by atoms with Crippen molar-refractivity contribution in [2.75, 3.05) is 5.73 Å². The van der Waals surface area contributed by atoms with Gasteiger partial charge in [-0.3, -0.25) is 0 Å². The largest absolute Gasteiger partial charge is 0.383 e. The molecular formula is C19H18N6. The summed E-state index contributed by atoms with van der Waals surface area (Å²) in [7, 11) is 0. The first-order valence-corrected chi connectivity index (χ1v) is 8.25. The van der Waals surface area contributed by atoms with E-state index in [1.54, 1.807) is 6.20 Å². The molecule has 0 aliphatic heterocycles. The Balaban J connectivity index is 2.00. The van der Waals surface area contributed by atoms with Gasteiger partial charge >= 0.3 is 0 Å². The maximum Gasteiger partial charge on any atom is 0.142 e. The molecule has 3 aromatic heterocycles. The fourth-order valence-electron chi connectivity index (χ4n) is 3.48. The topological polar surface area (TPSA) is 107 Å².